The van der Waals surface area contributed by atoms with E-state index in [1.807, 2.05) is 0 Å². The van der Waals surface area contributed by atoms with Gasteiger partial charge in [-0.1, -0.05) is 39.0 Å². The first-order valence-electron chi connectivity index (χ1n) is 7.75. The fourth-order valence-electron chi connectivity index (χ4n) is 3.99. The van der Waals surface area contributed by atoms with Crippen LogP contribution in [0.2, 0.25) is 0 Å². The summed E-state index contributed by atoms with van der Waals surface area (Å²) in [5.41, 5.74) is 6.55. The van der Waals surface area contributed by atoms with E-state index in [0.29, 0.717) is 5.54 Å². The molecule has 1 saturated carbocycles. The van der Waals surface area contributed by atoms with Crippen molar-refractivity contribution in [2.75, 3.05) is 19.6 Å². The summed E-state index contributed by atoms with van der Waals surface area (Å²) in [7, 11) is 0. The predicted molar refractivity (Wildman–Crippen MR) is 74.1 cm³/mol. The summed E-state index contributed by atoms with van der Waals surface area (Å²) < 4.78 is 0. The van der Waals surface area contributed by atoms with E-state index in [-0.39, 0.29) is 0 Å². The Labute approximate surface area is 107 Å². The third-order valence-corrected chi connectivity index (χ3v) is 5.25. The molecule has 2 rings (SSSR count). The quantitative estimate of drug-likeness (QED) is 0.800. The summed E-state index contributed by atoms with van der Waals surface area (Å²) in [5.74, 6) is 0.792. The lowest BCUT2D eigenvalue weighted by Crippen LogP contribution is -2.59. The van der Waals surface area contributed by atoms with E-state index in [1.54, 1.807) is 0 Å². The molecule has 1 heterocycles. The number of rotatable bonds is 2. The molecule has 0 aromatic rings. The van der Waals surface area contributed by atoms with Crippen LogP contribution in [0.25, 0.3) is 0 Å². The average molecular weight is 238 g/mol. The molecule has 0 aromatic carbocycles. The normalized spacial score (nSPS) is 37.4. The van der Waals surface area contributed by atoms with Crippen LogP contribution in [-0.2, 0) is 0 Å². The lowest BCUT2D eigenvalue weighted by molar-refractivity contribution is 0.00779. The molecule has 2 fully saturated rings. The van der Waals surface area contributed by atoms with Gasteiger partial charge in [0.05, 0.1) is 0 Å². The van der Waals surface area contributed by atoms with Crippen LogP contribution in [0.5, 0.6) is 0 Å². The molecule has 2 heteroatoms. The van der Waals surface area contributed by atoms with Gasteiger partial charge in [-0.15, -0.1) is 0 Å². The van der Waals surface area contributed by atoms with Crippen LogP contribution in [0.3, 0.4) is 0 Å². The standard InChI is InChI=1S/C15H30N2/c1-14-9-5-6-10-15(14,13-16)17-11-7-3-2-4-8-12-17/h14H,2-13,16H2,1H3. The molecule has 1 aliphatic heterocycles. The van der Waals surface area contributed by atoms with Gasteiger partial charge in [0.15, 0.2) is 0 Å². The lowest BCUT2D eigenvalue weighted by atomic mass is 9.72. The molecular weight excluding hydrogens is 208 g/mol. The van der Waals surface area contributed by atoms with Crippen molar-refractivity contribution < 1.29 is 0 Å². The number of likely N-dealkylation sites (tertiary alicyclic amines) is 1. The summed E-state index contributed by atoms with van der Waals surface area (Å²) in [4.78, 5) is 2.77. The predicted octanol–water partition coefficient (Wildman–Crippen LogP) is 3.16. The SMILES string of the molecule is CC1CCCCC1(CN)N1CCCCCCC1. The maximum atomic E-state index is 6.21. The fraction of sp³-hybridized carbons (Fsp3) is 1.00. The van der Waals surface area contributed by atoms with E-state index >= 15 is 0 Å². The second-order valence-corrected chi connectivity index (χ2v) is 6.21. The fourth-order valence-corrected chi connectivity index (χ4v) is 3.99. The highest BCUT2D eigenvalue weighted by Crippen LogP contribution is 2.38. The molecule has 0 amide bonds. The molecule has 2 nitrogen and oxygen atoms in total. The molecule has 2 unspecified atom stereocenters. The monoisotopic (exact) mass is 238 g/mol. The summed E-state index contributed by atoms with van der Waals surface area (Å²) in [6.07, 6.45) is 12.6. The van der Waals surface area contributed by atoms with Crippen molar-refractivity contribution in [2.24, 2.45) is 11.7 Å². The van der Waals surface area contributed by atoms with Gasteiger partial charge in [0.1, 0.15) is 0 Å². The average Bonchev–Trinajstić information content (AvgIpc) is 2.30. The molecule has 2 atom stereocenters. The molecule has 1 saturated heterocycles. The largest absolute Gasteiger partial charge is 0.329 e. The first-order valence-corrected chi connectivity index (χ1v) is 7.75. The lowest BCUT2D eigenvalue weighted by Gasteiger charge is -2.50. The van der Waals surface area contributed by atoms with Gasteiger partial charge in [-0.05, 0) is 44.7 Å². The first-order chi connectivity index (χ1) is 8.29. The highest BCUT2D eigenvalue weighted by molar-refractivity contribution is 4.98. The molecule has 0 radical (unpaired) electrons. The molecule has 1 aliphatic carbocycles. The van der Waals surface area contributed by atoms with Gasteiger partial charge in [-0.2, -0.15) is 0 Å². The van der Waals surface area contributed by atoms with Gasteiger partial charge in [0, 0.05) is 12.1 Å². The smallest absolute Gasteiger partial charge is 0.0357 e. The van der Waals surface area contributed by atoms with E-state index < -0.39 is 0 Å². The second-order valence-electron chi connectivity index (χ2n) is 6.21. The third-order valence-electron chi connectivity index (χ3n) is 5.25. The van der Waals surface area contributed by atoms with E-state index in [2.05, 4.69) is 11.8 Å². The Balaban J connectivity index is 2.07. The van der Waals surface area contributed by atoms with Crippen LogP contribution < -0.4 is 5.73 Å². The zero-order valence-corrected chi connectivity index (χ0v) is 11.6. The second kappa shape index (κ2) is 6.19. The molecule has 100 valence electrons. The molecule has 0 bridgehead atoms. The van der Waals surface area contributed by atoms with Crippen molar-refractivity contribution in [3.63, 3.8) is 0 Å². The molecular formula is C15H30N2. The van der Waals surface area contributed by atoms with Crippen LogP contribution >= 0.6 is 0 Å². The minimum Gasteiger partial charge on any atom is -0.329 e. The van der Waals surface area contributed by atoms with Crippen LogP contribution in [-0.4, -0.2) is 30.1 Å². The van der Waals surface area contributed by atoms with Gasteiger partial charge in [0.25, 0.3) is 0 Å². The van der Waals surface area contributed by atoms with Crippen LogP contribution in [0.4, 0.5) is 0 Å². The number of hydrogen-bond donors (Lipinski definition) is 1. The van der Waals surface area contributed by atoms with Crippen molar-refractivity contribution in [1.82, 2.24) is 4.90 Å². The minimum absolute atomic E-state index is 0.343. The van der Waals surface area contributed by atoms with E-state index in [0.717, 1.165) is 12.5 Å². The van der Waals surface area contributed by atoms with E-state index in [1.165, 1.54) is 70.9 Å². The zero-order chi connectivity index (χ0) is 12.1. The number of hydrogen-bond acceptors (Lipinski definition) is 2. The topological polar surface area (TPSA) is 29.3 Å². The summed E-state index contributed by atoms with van der Waals surface area (Å²) in [6.45, 7) is 5.89. The number of nitrogens with zero attached hydrogens (tertiary/aromatic N) is 1. The van der Waals surface area contributed by atoms with Gasteiger partial charge in [-0.25, -0.2) is 0 Å². The Morgan fingerprint density at radius 2 is 1.65 bits per heavy atom. The van der Waals surface area contributed by atoms with Gasteiger partial charge in [-0.3, -0.25) is 4.90 Å². The Bertz CT molecular complexity index is 221. The van der Waals surface area contributed by atoms with Crippen molar-refractivity contribution in [2.45, 2.75) is 70.3 Å². The van der Waals surface area contributed by atoms with Crippen molar-refractivity contribution >= 4 is 0 Å². The maximum Gasteiger partial charge on any atom is 0.0357 e. The van der Waals surface area contributed by atoms with Gasteiger partial charge < -0.3 is 5.73 Å². The van der Waals surface area contributed by atoms with Crippen molar-refractivity contribution in [3.05, 3.63) is 0 Å². The maximum absolute atomic E-state index is 6.21. The summed E-state index contributed by atoms with van der Waals surface area (Å²) >= 11 is 0. The summed E-state index contributed by atoms with van der Waals surface area (Å²) in [6, 6.07) is 0. The van der Waals surface area contributed by atoms with Crippen LogP contribution in [0.1, 0.15) is 64.7 Å². The van der Waals surface area contributed by atoms with E-state index in [9.17, 15) is 0 Å². The Morgan fingerprint density at radius 1 is 1.00 bits per heavy atom. The minimum atomic E-state index is 0.343. The Kier molecular flexibility index (Phi) is 4.87. The van der Waals surface area contributed by atoms with Gasteiger partial charge >= 0.3 is 0 Å². The van der Waals surface area contributed by atoms with Gasteiger partial charge in [0.2, 0.25) is 0 Å². The zero-order valence-electron chi connectivity index (χ0n) is 11.6. The first kappa shape index (κ1) is 13.4. The number of nitrogens with two attached hydrogens (primary N) is 1. The molecule has 2 N–H and O–H groups in total. The molecule has 17 heavy (non-hydrogen) atoms. The molecule has 0 spiro atoms. The van der Waals surface area contributed by atoms with Crippen molar-refractivity contribution in [1.29, 1.82) is 0 Å². The molecule has 2 aliphatic rings. The molecule has 0 aromatic heterocycles. The summed E-state index contributed by atoms with van der Waals surface area (Å²) in [5, 5.41) is 0. The highest BCUT2D eigenvalue weighted by atomic mass is 15.2. The highest BCUT2D eigenvalue weighted by Gasteiger charge is 2.41. The van der Waals surface area contributed by atoms with E-state index in [4.69, 9.17) is 5.73 Å². The van der Waals surface area contributed by atoms with Crippen molar-refractivity contribution in [3.8, 4) is 0 Å². The Morgan fingerprint density at radius 3 is 2.24 bits per heavy atom. The van der Waals surface area contributed by atoms with Crippen LogP contribution in [0, 0.1) is 5.92 Å². The van der Waals surface area contributed by atoms with Crippen LogP contribution in [0.15, 0.2) is 0 Å². The Hall–Kier alpha value is -0.0800. The third kappa shape index (κ3) is 2.85.